The van der Waals surface area contributed by atoms with E-state index >= 15 is 0 Å². The van der Waals surface area contributed by atoms with E-state index in [1.165, 1.54) is 6.08 Å². The number of carbonyl (C=O) groups excluding carboxylic acids is 1. The first kappa shape index (κ1) is 12.9. The molecule has 1 unspecified atom stereocenters. The van der Waals surface area contributed by atoms with E-state index < -0.39 is 0 Å². The van der Waals surface area contributed by atoms with E-state index in [1.807, 2.05) is 15.8 Å². The Morgan fingerprint density at radius 1 is 1.56 bits per heavy atom. The fourth-order valence-corrected chi connectivity index (χ4v) is 2.23. The van der Waals surface area contributed by atoms with Crippen LogP contribution in [0, 0.1) is 0 Å². The molecule has 0 spiro atoms. The summed E-state index contributed by atoms with van der Waals surface area (Å²) in [6, 6.07) is 2.36. The lowest BCUT2D eigenvalue weighted by Crippen LogP contribution is -2.27. The SMILES string of the molecule is C=CC(=O)N1CCC(n2ccc(C(C)(C)C)n2)C1. The van der Waals surface area contributed by atoms with Crippen molar-refractivity contribution in [2.75, 3.05) is 13.1 Å². The van der Waals surface area contributed by atoms with Crippen LogP contribution in [-0.2, 0) is 10.2 Å². The van der Waals surface area contributed by atoms with E-state index in [1.54, 1.807) is 0 Å². The van der Waals surface area contributed by atoms with Gasteiger partial charge in [0.25, 0.3) is 0 Å². The number of aromatic nitrogens is 2. The first-order valence-corrected chi connectivity index (χ1v) is 6.39. The number of likely N-dealkylation sites (tertiary alicyclic amines) is 1. The van der Waals surface area contributed by atoms with Gasteiger partial charge in [-0.15, -0.1) is 0 Å². The van der Waals surface area contributed by atoms with E-state index in [-0.39, 0.29) is 11.3 Å². The predicted molar refractivity (Wildman–Crippen MR) is 71.4 cm³/mol. The maximum Gasteiger partial charge on any atom is 0.246 e. The Labute approximate surface area is 108 Å². The Kier molecular flexibility index (Phi) is 3.28. The topological polar surface area (TPSA) is 38.1 Å². The summed E-state index contributed by atoms with van der Waals surface area (Å²) in [4.78, 5) is 13.4. The highest BCUT2D eigenvalue weighted by Gasteiger charge is 2.27. The molecule has 0 aromatic carbocycles. The molecule has 1 aromatic rings. The third kappa shape index (κ3) is 2.47. The van der Waals surface area contributed by atoms with E-state index in [2.05, 4.69) is 38.5 Å². The zero-order valence-corrected chi connectivity index (χ0v) is 11.4. The second-order valence-corrected chi connectivity index (χ2v) is 5.86. The number of amides is 1. The smallest absolute Gasteiger partial charge is 0.246 e. The van der Waals surface area contributed by atoms with Crippen LogP contribution in [0.5, 0.6) is 0 Å². The van der Waals surface area contributed by atoms with Crippen LogP contribution >= 0.6 is 0 Å². The third-order valence-electron chi connectivity index (χ3n) is 3.40. The molecule has 0 radical (unpaired) electrons. The largest absolute Gasteiger partial charge is 0.337 e. The zero-order valence-electron chi connectivity index (χ0n) is 11.4. The number of hydrogen-bond donors (Lipinski definition) is 0. The monoisotopic (exact) mass is 247 g/mol. The highest BCUT2D eigenvalue weighted by Crippen LogP contribution is 2.24. The first-order chi connectivity index (χ1) is 8.41. The number of nitrogens with zero attached hydrogens (tertiary/aromatic N) is 3. The summed E-state index contributed by atoms with van der Waals surface area (Å²) < 4.78 is 2.00. The maximum atomic E-state index is 11.5. The van der Waals surface area contributed by atoms with Crippen LogP contribution in [0.4, 0.5) is 0 Å². The average molecular weight is 247 g/mol. The van der Waals surface area contributed by atoms with Crippen LogP contribution < -0.4 is 0 Å². The van der Waals surface area contributed by atoms with Gasteiger partial charge in [-0.2, -0.15) is 5.10 Å². The Bertz CT molecular complexity index is 456. The predicted octanol–water partition coefficient (Wildman–Crippen LogP) is 2.14. The summed E-state index contributed by atoms with van der Waals surface area (Å²) in [5.74, 6) is 0.0145. The first-order valence-electron chi connectivity index (χ1n) is 6.39. The molecule has 4 heteroatoms. The molecule has 1 saturated heterocycles. The summed E-state index contributed by atoms with van der Waals surface area (Å²) in [6.45, 7) is 11.5. The van der Waals surface area contributed by atoms with Gasteiger partial charge >= 0.3 is 0 Å². The van der Waals surface area contributed by atoms with Crippen molar-refractivity contribution in [3.8, 4) is 0 Å². The lowest BCUT2D eigenvalue weighted by atomic mass is 9.93. The Morgan fingerprint density at radius 2 is 2.28 bits per heavy atom. The van der Waals surface area contributed by atoms with E-state index in [9.17, 15) is 4.79 Å². The normalized spacial score (nSPS) is 20.2. The molecule has 0 bridgehead atoms. The Morgan fingerprint density at radius 3 is 2.83 bits per heavy atom. The van der Waals surface area contributed by atoms with Crippen LogP contribution in [-0.4, -0.2) is 33.7 Å². The lowest BCUT2D eigenvalue weighted by Gasteiger charge is -2.16. The van der Waals surface area contributed by atoms with Crippen molar-refractivity contribution in [3.05, 3.63) is 30.6 Å². The maximum absolute atomic E-state index is 11.5. The molecule has 0 aliphatic carbocycles. The third-order valence-corrected chi connectivity index (χ3v) is 3.40. The van der Waals surface area contributed by atoms with Gasteiger partial charge in [-0.1, -0.05) is 27.4 Å². The lowest BCUT2D eigenvalue weighted by molar-refractivity contribution is -0.125. The standard InChI is InChI=1S/C14H21N3O/c1-5-13(18)16-8-6-11(10-16)17-9-7-12(15-17)14(2,3)4/h5,7,9,11H,1,6,8,10H2,2-4H3. The summed E-state index contributed by atoms with van der Waals surface area (Å²) >= 11 is 0. The van der Waals surface area contributed by atoms with Crippen LogP contribution in [0.25, 0.3) is 0 Å². The molecule has 1 amide bonds. The minimum atomic E-state index is 0.0145. The second-order valence-electron chi connectivity index (χ2n) is 5.86. The van der Waals surface area contributed by atoms with Gasteiger partial charge in [0.05, 0.1) is 11.7 Å². The molecule has 0 saturated carbocycles. The van der Waals surface area contributed by atoms with Crippen molar-refractivity contribution in [2.24, 2.45) is 0 Å². The van der Waals surface area contributed by atoms with Crippen LogP contribution in [0.1, 0.15) is 38.9 Å². The van der Waals surface area contributed by atoms with Crippen molar-refractivity contribution in [1.82, 2.24) is 14.7 Å². The summed E-state index contributed by atoms with van der Waals surface area (Å²) in [5, 5.41) is 4.64. The molecule has 1 aromatic heterocycles. The van der Waals surface area contributed by atoms with E-state index in [0.29, 0.717) is 6.04 Å². The van der Waals surface area contributed by atoms with Crippen LogP contribution in [0.15, 0.2) is 24.9 Å². The molecule has 98 valence electrons. The molecule has 4 nitrogen and oxygen atoms in total. The number of hydrogen-bond acceptors (Lipinski definition) is 2. The quantitative estimate of drug-likeness (QED) is 0.751. The van der Waals surface area contributed by atoms with Gasteiger partial charge in [0.15, 0.2) is 0 Å². The van der Waals surface area contributed by atoms with Crippen molar-refractivity contribution in [1.29, 1.82) is 0 Å². The van der Waals surface area contributed by atoms with E-state index in [0.717, 1.165) is 25.2 Å². The molecule has 2 heterocycles. The Hall–Kier alpha value is -1.58. The van der Waals surface area contributed by atoms with Gasteiger partial charge in [-0.05, 0) is 18.6 Å². The molecule has 0 N–H and O–H groups in total. The van der Waals surface area contributed by atoms with Crippen LogP contribution in [0.3, 0.4) is 0 Å². The van der Waals surface area contributed by atoms with E-state index in [4.69, 9.17) is 0 Å². The van der Waals surface area contributed by atoms with Gasteiger partial charge in [0.1, 0.15) is 0 Å². The molecule has 1 atom stereocenters. The molecule has 1 aliphatic heterocycles. The highest BCUT2D eigenvalue weighted by atomic mass is 16.2. The minimum Gasteiger partial charge on any atom is -0.337 e. The Balaban J connectivity index is 2.08. The van der Waals surface area contributed by atoms with Gasteiger partial charge in [0.2, 0.25) is 5.91 Å². The number of carbonyl (C=O) groups is 1. The van der Waals surface area contributed by atoms with Crippen molar-refractivity contribution < 1.29 is 4.79 Å². The average Bonchev–Trinajstić information content (AvgIpc) is 2.94. The van der Waals surface area contributed by atoms with Crippen LogP contribution in [0.2, 0.25) is 0 Å². The molecule has 18 heavy (non-hydrogen) atoms. The van der Waals surface area contributed by atoms with Gasteiger partial charge < -0.3 is 4.90 Å². The van der Waals surface area contributed by atoms with Gasteiger partial charge in [-0.3, -0.25) is 9.48 Å². The summed E-state index contributed by atoms with van der Waals surface area (Å²) in [6.07, 6.45) is 4.37. The second kappa shape index (κ2) is 4.59. The fourth-order valence-electron chi connectivity index (χ4n) is 2.23. The van der Waals surface area contributed by atoms with Gasteiger partial charge in [0, 0.05) is 24.7 Å². The number of rotatable bonds is 2. The van der Waals surface area contributed by atoms with Crippen molar-refractivity contribution >= 4 is 5.91 Å². The highest BCUT2D eigenvalue weighted by molar-refractivity contribution is 5.87. The summed E-state index contributed by atoms with van der Waals surface area (Å²) in [7, 11) is 0. The molecule has 2 rings (SSSR count). The zero-order chi connectivity index (χ0) is 13.3. The van der Waals surface area contributed by atoms with Crippen molar-refractivity contribution in [2.45, 2.75) is 38.6 Å². The molecule has 1 aliphatic rings. The molecular weight excluding hydrogens is 226 g/mol. The minimum absolute atomic E-state index is 0.0145. The molecular formula is C14H21N3O. The van der Waals surface area contributed by atoms with Crippen molar-refractivity contribution in [3.63, 3.8) is 0 Å². The van der Waals surface area contributed by atoms with Gasteiger partial charge in [-0.25, -0.2) is 0 Å². The fraction of sp³-hybridized carbons (Fsp3) is 0.571. The summed E-state index contributed by atoms with van der Waals surface area (Å²) in [5.41, 5.74) is 1.16. The molecule has 1 fully saturated rings.